The van der Waals surface area contributed by atoms with Crippen LogP contribution in [0.1, 0.15) is 70.3 Å². The lowest BCUT2D eigenvalue weighted by Crippen LogP contribution is -2.38. The van der Waals surface area contributed by atoms with Crippen LogP contribution in [-0.2, 0) is 11.2 Å². The quantitative estimate of drug-likeness (QED) is 0.572. The van der Waals surface area contributed by atoms with E-state index in [2.05, 4.69) is 42.2 Å². The molecular weight excluding hydrogens is 282 g/mol. The van der Waals surface area contributed by atoms with Crippen molar-refractivity contribution in [3.63, 3.8) is 0 Å². The highest BCUT2D eigenvalue weighted by molar-refractivity contribution is 5.76. The van der Waals surface area contributed by atoms with Gasteiger partial charge in [-0.1, -0.05) is 69.4 Å². The van der Waals surface area contributed by atoms with Gasteiger partial charge in [-0.2, -0.15) is 0 Å². The van der Waals surface area contributed by atoms with Crippen LogP contribution in [0, 0.1) is 5.92 Å². The Balaban J connectivity index is 1.59. The SMILES string of the molecule is CCCCCCCCC(=O)N1CCC(Cc2ccccc2)CC1. The summed E-state index contributed by atoms with van der Waals surface area (Å²) in [6.07, 6.45) is 11.8. The van der Waals surface area contributed by atoms with Crippen molar-refractivity contribution in [3.8, 4) is 0 Å². The maximum Gasteiger partial charge on any atom is 0.222 e. The molecule has 1 aromatic rings. The largest absolute Gasteiger partial charge is 0.343 e. The third kappa shape index (κ3) is 6.76. The van der Waals surface area contributed by atoms with Gasteiger partial charge in [-0.05, 0) is 37.2 Å². The van der Waals surface area contributed by atoms with Crippen LogP contribution < -0.4 is 0 Å². The molecule has 0 N–H and O–H groups in total. The second kappa shape index (κ2) is 10.5. The van der Waals surface area contributed by atoms with Crippen molar-refractivity contribution in [1.29, 1.82) is 0 Å². The van der Waals surface area contributed by atoms with E-state index in [1.165, 1.54) is 44.1 Å². The monoisotopic (exact) mass is 315 g/mol. The van der Waals surface area contributed by atoms with Crippen molar-refractivity contribution in [2.75, 3.05) is 13.1 Å². The van der Waals surface area contributed by atoms with Gasteiger partial charge in [0, 0.05) is 19.5 Å². The molecule has 2 nitrogen and oxygen atoms in total. The van der Waals surface area contributed by atoms with Crippen LogP contribution in [0.2, 0.25) is 0 Å². The Kier molecular flexibility index (Phi) is 8.20. The number of carbonyl (C=O) groups is 1. The van der Waals surface area contributed by atoms with Crippen molar-refractivity contribution in [1.82, 2.24) is 4.90 Å². The van der Waals surface area contributed by atoms with E-state index in [0.717, 1.165) is 44.7 Å². The minimum absolute atomic E-state index is 0.388. The highest BCUT2D eigenvalue weighted by atomic mass is 16.2. The summed E-state index contributed by atoms with van der Waals surface area (Å²) in [5.41, 5.74) is 1.43. The van der Waals surface area contributed by atoms with E-state index >= 15 is 0 Å². The number of nitrogens with zero attached hydrogens (tertiary/aromatic N) is 1. The second-order valence-electron chi connectivity index (χ2n) is 7.03. The summed E-state index contributed by atoms with van der Waals surface area (Å²) in [4.78, 5) is 14.4. The van der Waals surface area contributed by atoms with E-state index in [-0.39, 0.29) is 0 Å². The summed E-state index contributed by atoms with van der Waals surface area (Å²) in [6.45, 7) is 4.17. The minimum atomic E-state index is 0.388. The number of likely N-dealkylation sites (tertiary alicyclic amines) is 1. The van der Waals surface area contributed by atoms with E-state index in [4.69, 9.17) is 0 Å². The molecule has 2 heteroatoms. The average Bonchev–Trinajstić information content (AvgIpc) is 2.59. The Morgan fingerprint density at radius 1 is 1.00 bits per heavy atom. The Morgan fingerprint density at radius 2 is 1.65 bits per heavy atom. The van der Waals surface area contributed by atoms with Crippen LogP contribution in [-0.4, -0.2) is 23.9 Å². The number of amides is 1. The van der Waals surface area contributed by atoms with Gasteiger partial charge in [0.05, 0.1) is 0 Å². The Morgan fingerprint density at radius 3 is 2.35 bits per heavy atom. The van der Waals surface area contributed by atoms with Crippen molar-refractivity contribution in [3.05, 3.63) is 35.9 Å². The first-order chi connectivity index (χ1) is 11.3. The molecule has 1 aliphatic rings. The number of hydrogen-bond donors (Lipinski definition) is 0. The second-order valence-corrected chi connectivity index (χ2v) is 7.03. The molecule has 0 spiro atoms. The molecule has 23 heavy (non-hydrogen) atoms. The van der Waals surface area contributed by atoms with Gasteiger partial charge in [-0.25, -0.2) is 0 Å². The fraction of sp³-hybridized carbons (Fsp3) is 0.667. The normalized spacial score (nSPS) is 15.8. The van der Waals surface area contributed by atoms with Gasteiger partial charge in [0.2, 0.25) is 5.91 Å². The number of unbranched alkanes of at least 4 members (excludes halogenated alkanes) is 5. The fourth-order valence-electron chi connectivity index (χ4n) is 3.55. The van der Waals surface area contributed by atoms with Crippen molar-refractivity contribution in [2.24, 2.45) is 5.92 Å². The molecule has 1 saturated heterocycles. The molecule has 0 aliphatic carbocycles. The first-order valence-corrected chi connectivity index (χ1v) is 9.61. The molecule has 1 aliphatic heterocycles. The van der Waals surface area contributed by atoms with E-state index in [1.54, 1.807) is 0 Å². The third-order valence-corrected chi connectivity index (χ3v) is 5.08. The van der Waals surface area contributed by atoms with Crippen molar-refractivity contribution < 1.29 is 4.79 Å². The highest BCUT2D eigenvalue weighted by Gasteiger charge is 2.22. The predicted molar refractivity (Wildman–Crippen MR) is 97.4 cm³/mol. The highest BCUT2D eigenvalue weighted by Crippen LogP contribution is 2.22. The maximum absolute atomic E-state index is 12.3. The minimum Gasteiger partial charge on any atom is -0.343 e. The van der Waals surface area contributed by atoms with Crippen LogP contribution in [0.4, 0.5) is 0 Å². The Hall–Kier alpha value is -1.31. The summed E-state index contributed by atoms with van der Waals surface area (Å²) in [6, 6.07) is 10.8. The fourth-order valence-corrected chi connectivity index (χ4v) is 3.55. The zero-order valence-corrected chi connectivity index (χ0v) is 14.8. The maximum atomic E-state index is 12.3. The standard InChI is InChI=1S/C21H33NO/c1-2-3-4-5-6-10-13-21(23)22-16-14-20(15-17-22)18-19-11-8-7-9-12-19/h7-9,11-12,20H,2-6,10,13-18H2,1H3. The summed E-state index contributed by atoms with van der Waals surface area (Å²) >= 11 is 0. The van der Waals surface area contributed by atoms with Crippen molar-refractivity contribution in [2.45, 2.75) is 71.1 Å². The van der Waals surface area contributed by atoms with E-state index in [0.29, 0.717) is 5.91 Å². The van der Waals surface area contributed by atoms with Crippen molar-refractivity contribution >= 4 is 5.91 Å². The predicted octanol–water partition coefficient (Wildman–Crippen LogP) is 5.22. The molecule has 0 aromatic heterocycles. The van der Waals surface area contributed by atoms with E-state index in [9.17, 15) is 4.79 Å². The van der Waals surface area contributed by atoms with Gasteiger partial charge in [0.1, 0.15) is 0 Å². The summed E-state index contributed by atoms with van der Waals surface area (Å²) in [7, 11) is 0. The smallest absolute Gasteiger partial charge is 0.222 e. The average molecular weight is 316 g/mol. The lowest BCUT2D eigenvalue weighted by atomic mass is 9.90. The Bertz CT molecular complexity index is 434. The first kappa shape index (κ1) is 18.0. The Labute approximate surface area is 142 Å². The van der Waals surface area contributed by atoms with Gasteiger partial charge in [-0.15, -0.1) is 0 Å². The molecular formula is C21H33NO. The van der Waals surface area contributed by atoms with Crippen LogP contribution in [0.3, 0.4) is 0 Å². The van der Waals surface area contributed by atoms with Gasteiger partial charge < -0.3 is 4.90 Å². The first-order valence-electron chi connectivity index (χ1n) is 9.61. The zero-order chi connectivity index (χ0) is 16.3. The van der Waals surface area contributed by atoms with Gasteiger partial charge in [0.15, 0.2) is 0 Å². The van der Waals surface area contributed by atoms with Crippen LogP contribution in [0.5, 0.6) is 0 Å². The van der Waals surface area contributed by atoms with Gasteiger partial charge >= 0.3 is 0 Å². The number of carbonyl (C=O) groups excluding carboxylic acids is 1. The molecule has 0 bridgehead atoms. The molecule has 1 fully saturated rings. The molecule has 0 unspecified atom stereocenters. The molecule has 2 rings (SSSR count). The molecule has 1 aromatic carbocycles. The topological polar surface area (TPSA) is 20.3 Å². The molecule has 1 heterocycles. The molecule has 1 amide bonds. The zero-order valence-electron chi connectivity index (χ0n) is 14.8. The molecule has 0 saturated carbocycles. The number of piperidine rings is 1. The van der Waals surface area contributed by atoms with E-state index in [1.807, 2.05) is 0 Å². The summed E-state index contributed by atoms with van der Waals surface area (Å²) in [5, 5.41) is 0. The van der Waals surface area contributed by atoms with E-state index < -0.39 is 0 Å². The molecule has 0 radical (unpaired) electrons. The molecule has 0 atom stereocenters. The third-order valence-electron chi connectivity index (χ3n) is 5.08. The van der Waals surface area contributed by atoms with Crippen LogP contribution in [0.15, 0.2) is 30.3 Å². The lowest BCUT2D eigenvalue weighted by molar-refractivity contribution is -0.132. The summed E-state index contributed by atoms with van der Waals surface area (Å²) in [5.74, 6) is 1.13. The van der Waals surface area contributed by atoms with Crippen LogP contribution >= 0.6 is 0 Å². The number of hydrogen-bond acceptors (Lipinski definition) is 1. The lowest BCUT2D eigenvalue weighted by Gasteiger charge is -2.32. The van der Waals surface area contributed by atoms with Crippen LogP contribution in [0.25, 0.3) is 0 Å². The van der Waals surface area contributed by atoms with Gasteiger partial charge in [-0.3, -0.25) is 4.79 Å². The summed E-state index contributed by atoms with van der Waals surface area (Å²) < 4.78 is 0. The van der Waals surface area contributed by atoms with Gasteiger partial charge in [0.25, 0.3) is 0 Å². The number of benzene rings is 1. The number of rotatable bonds is 9. The molecule has 128 valence electrons.